The Morgan fingerprint density at radius 3 is 2.52 bits per heavy atom. The van der Waals surface area contributed by atoms with Gasteiger partial charge in [-0.15, -0.1) is 0 Å². The van der Waals surface area contributed by atoms with Gasteiger partial charge in [0.1, 0.15) is 6.54 Å². The van der Waals surface area contributed by atoms with E-state index in [-0.39, 0.29) is 12.5 Å². The van der Waals surface area contributed by atoms with Gasteiger partial charge in [0.05, 0.1) is 6.20 Å². The first-order valence-electron chi connectivity index (χ1n) is 8.40. The Morgan fingerprint density at radius 1 is 1.08 bits per heavy atom. The van der Waals surface area contributed by atoms with Crippen molar-refractivity contribution in [3.05, 3.63) is 83.9 Å². The molecular weight excluding hydrogens is 312 g/mol. The third-order valence-electron chi connectivity index (χ3n) is 4.05. The maximum absolute atomic E-state index is 12.8. The van der Waals surface area contributed by atoms with Crippen molar-refractivity contribution in [2.24, 2.45) is 0 Å². The SMILES string of the molecule is Cc1cnn(CC(=O)N(CCc2ccccc2)Cc2ccncc2)c1. The third-order valence-corrected chi connectivity index (χ3v) is 4.05. The van der Waals surface area contributed by atoms with Gasteiger partial charge in [-0.25, -0.2) is 0 Å². The maximum Gasteiger partial charge on any atom is 0.244 e. The standard InChI is InChI=1S/C20H22N4O/c1-17-13-22-24(14-17)16-20(25)23(15-19-7-10-21-11-8-19)12-9-18-5-3-2-4-6-18/h2-8,10-11,13-14H,9,12,15-16H2,1H3. The Kier molecular flexibility index (Phi) is 5.57. The van der Waals surface area contributed by atoms with Gasteiger partial charge in [-0.3, -0.25) is 14.5 Å². The van der Waals surface area contributed by atoms with Crippen LogP contribution in [0.4, 0.5) is 0 Å². The molecular formula is C20H22N4O. The first-order chi connectivity index (χ1) is 12.2. The highest BCUT2D eigenvalue weighted by molar-refractivity contribution is 5.76. The van der Waals surface area contributed by atoms with E-state index in [4.69, 9.17) is 0 Å². The average molecular weight is 334 g/mol. The smallest absolute Gasteiger partial charge is 0.244 e. The zero-order valence-corrected chi connectivity index (χ0v) is 14.4. The fourth-order valence-electron chi connectivity index (χ4n) is 2.70. The first kappa shape index (κ1) is 16.9. The average Bonchev–Trinajstić information content (AvgIpc) is 3.05. The Morgan fingerprint density at radius 2 is 1.84 bits per heavy atom. The lowest BCUT2D eigenvalue weighted by Crippen LogP contribution is -2.35. The number of pyridine rings is 1. The molecule has 0 unspecified atom stereocenters. The second-order valence-electron chi connectivity index (χ2n) is 6.12. The van der Waals surface area contributed by atoms with E-state index in [1.54, 1.807) is 23.3 Å². The van der Waals surface area contributed by atoms with E-state index in [9.17, 15) is 4.79 Å². The summed E-state index contributed by atoms with van der Waals surface area (Å²) < 4.78 is 1.69. The van der Waals surface area contributed by atoms with Gasteiger partial charge in [0.25, 0.3) is 0 Å². The molecule has 0 aliphatic carbocycles. The molecule has 3 aromatic rings. The molecule has 0 N–H and O–H groups in total. The molecule has 0 saturated heterocycles. The van der Waals surface area contributed by atoms with Crippen LogP contribution < -0.4 is 0 Å². The molecule has 5 heteroatoms. The summed E-state index contributed by atoms with van der Waals surface area (Å²) in [6.07, 6.45) is 8.00. The Bertz CT molecular complexity index is 799. The molecule has 0 atom stereocenters. The predicted molar refractivity (Wildman–Crippen MR) is 96.8 cm³/mol. The number of aryl methyl sites for hydroxylation is 1. The second-order valence-corrected chi connectivity index (χ2v) is 6.12. The van der Waals surface area contributed by atoms with Gasteiger partial charge in [-0.2, -0.15) is 5.10 Å². The van der Waals surface area contributed by atoms with Crippen molar-refractivity contribution in [3.63, 3.8) is 0 Å². The van der Waals surface area contributed by atoms with E-state index >= 15 is 0 Å². The molecule has 128 valence electrons. The number of aromatic nitrogens is 3. The molecule has 0 radical (unpaired) electrons. The minimum absolute atomic E-state index is 0.0656. The van der Waals surface area contributed by atoms with Crippen molar-refractivity contribution < 1.29 is 4.79 Å². The quantitative estimate of drug-likeness (QED) is 0.667. The molecule has 0 spiro atoms. The largest absolute Gasteiger partial charge is 0.336 e. The van der Waals surface area contributed by atoms with Crippen LogP contribution in [0.1, 0.15) is 16.7 Å². The highest BCUT2D eigenvalue weighted by Gasteiger charge is 2.15. The van der Waals surface area contributed by atoms with Gasteiger partial charge in [0.15, 0.2) is 0 Å². The monoisotopic (exact) mass is 334 g/mol. The summed E-state index contributed by atoms with van der Waals surface area (Å²) in [5.74, 6) is 0.0656. The van der Waals surface area contributed by atoms with Crippen LogP contribution in [0, 0.1) is 6.92 Å². The number of rotatable bonds is 7. The van der Waals surface area contributed by atoms with Crippen LogP contribution in [-0.2, 0) is 24.3 Å². The number of hydrogen-bond donors (Lipinski definition) is 0. The highest BCUT2D eigenvalue weighted by atomic mass is 16.2. The molecule has 3 rings (SSSR count). The molecule has 2 heterocycles. The van der Waals surface area contributed by atoms with Crippen LogP contribution in [0.2, 0.25) is 0 Å². The van der Waals surface area contributed by atoms with E-state index in [2.05, 4.69) is 22.2 Å². The Hall–Kier alpha value is -2.95. The fraction of sp³-hybridized carbons (Fsp3) is 0.250. The Balaban J connectivity index is 1.69. The number of nitrogens with zero attached hydrogens (tertiary/aromatic N) is 4. The van der Waals surface area contributed by atoms with Crippen LogP contribution in [0.5, 0.6) is 0 Å². The molecule has 2 aromatic heterocycles. The molecule has 0 bridgehead atoms. The zero-order valence-electron chi connectivity index (χ0n) is 14.4. The summed E-state index contributed by atoms with van der Waals surface area (Å²) in [5.41, 5.74) is 3.36. The molecule has 0 saturated carbocycles. The van der Waals surface area contributed by atoms with Gasteiger partial charge >= 0.3 is 0 Å². The molecule has 5 nitrogen and oxygen atoms in total. The summed E-state index contributed by atoms with van der Waals surface area (Å²) in [6.45, 7) is 3.48. The van der Waals surface area contributed by atoms with Crippen LogP contribution in [0.3, 0.4) is 0 Å². The lowest BCUT2D eigenvalue weighted by molar-refractivity contribution is -0.132. The minimum atomic E-state index is 0.0656. The lowest BCUT2D eigenvalue weighted by Gasteiger charge is -2.23. The molecule has 25 heavy (non-hydrogen) atoms. The van der Waals surface area contributed by atoms with E-state index < -0.39 is 0 Å². The van der Waals surface area contributed by atoms with Crippen LogP contribution in [0.15, 0.2) is 67.3 Å². The van der Waals surface area contributed by atoms with Crippen molar-refractivity contribution >= 4 is 5.91 Å². The van der Waals surface area contributed by atoms with Gasteiger partial charge in [-0.1, -0.05) is 30.3 Å². The molecule has 0 aliphatic heterocycles. The summed E-state index contributed by atoms with van der Waals surface area (Å²) in [5, 5.41) is 4.22. The molecule has 0 fully saturated rings. The van der Waals surface area contributed by atoms with Crippen molar-refractivity contribution in [2.75, 3.05) is 6.54 Å². The summed E-state index contributed by atoms with van der Waals surface area (Å²) in [7, 11) is 0. The van der Waals surface area contributed by atoms with Gasteiger partial charge in [0, 0.05) is 31.7 Å². The van der Waals surface area contributed by atoms with Gasteiger partial charge in [0.2, 0.25) is 5.91 Å². The van der Waals surface area contributed by atoms with E-state index in [1.807, 2.05) is 48.4 Å². The first-order valence-corrected chi connectivity index (χ1v) is 8.40. The van der Waals surface area contributed by atoms with Gasteiger partial charge < -0.3 is 4.90 Å². The lowest BCUT2D eigenvalue weighted by atomic mass is 10.1. The number of carbonyl (C=O) groups is 1. The van der Waals surface area contributed by atoms with Crippen LogP contribution in [-0.4, -0.2) is 32.1 Å². The van der Waals surface area contributed by atoms with Gasteiger partial charge in [-0.05, 0) is 42.2 Å². The topological polar surface area (TPSA) is 51.0 Å². The third kappa shape index (κ3) is 5.01. The number of amides is 1. The molecule has 1 aromatic carbocycles. The predicted octanol–water partition coefficient (Wildman–Crippen LogP) is 2.86. The van der Waals surface area contributed by atoms with Crippen molar-refractivity contribution in [2.45, 2.75) is 26.4 Å². The van der Waals surface area contributed by atoms with Crippen molar-refractivity contribution in [1.82, 2.24) is 19.7 Å². The second kappa shape index (κ2) is 8.24. The normalized spacial score (nSPS) is 10.6. The van der Waals surface area contributed by atoms with Crippen LogP contribution >= 0.6 is 0 Å². The summed E-state index contributed by atoms with van der Waals surface area (Å²) in [4.78, 5) is 18.7. The zero-order chi connectivity index (χ0) is 17.5. The number of benzene rings is 1. The Labute approximate surface area is 147 Å². The summed E-state index contributed by atoms with van der Waals surface area (Å²) in [6, 6.07) is 14.1. The van der Waals surface area contributed by atoms with E-state index in [0.717, 1.165) is 17.5 Å². The molecule has 1 amide bonds. The van der Waals surface area contributed by atoms with Crippen molar-refractivity contribution in [1.29, 1.82) is 0 Å². The molecule has 0 aliphatic rings. The number of carbonyl (C=O) groups excluding carboxylic acids is 1. The summed E-state index contributed by atoms with van der Waals surface area (Å²) >= 11 is 0. The highest BCUT2D eigenvalue weighted by Crippen LogP contribution is 2.08. The minimum Gasteiger partial charge on any atom is -0.336 e. The maximum atomic E-state index is 12.8. The number of hydrogen-bond acceptors (Lipinski definition) is 3. The van der Waals surface area contributed by atoms with E-state index in [1.165, 1.54) is 5.56 Å². The van der Waals surface area contributed by atoms with E-state index in [0.29, 0.717) is 13.1 Å². The van der Waals surface area contributed by atoms with Crippen molar-refractivity contribution in [3.8, 4) is 0 Å². The van der Waals surface area contributed by atoms with Crippen LogP contribution in [0.25, 0.3) is 0 Å². The fourth-order valence-corrected chi connectivity index (χ4v) is 2.70.